The van der Waals surface area contributed by atoms with Crippen LogP contribution in [0.4, 0.5) is 0 Å². The van der Waals surface area contributed by atoms with E-state index in [1.54, 1.807) is 6.07 Å². The number of nitrogens with zero attached hydrogens (tertiary/aromatic N) is 1. The lowest BCUT2D eigenvalue weighted by atomic mass is 9.80. The largest absolute Gasteiger partial charge is 0.493 e. The number of benzene rings is 1. The smallest absolute Gasteiger partial charge is 0.308 e. The number of hydrogen-bond donors (Lipinski definition) is 0. The SMILES string of the molecule is CCOc1ccc(Cl)cc1-c1cc(C2CCCC(C(=O)OC)C2)on1. The number of rotatable bonds is 5. The van der Waals surface area contributed by atoms with Gasteiger partial charge in [-0.2, -0.15) is 0 Å². The van der Waals surface area contributed by atoms with Gasteiger partial charge in [0.1, 0.15) is 17.2 Å². The van der Waals surface area contributed by atoms with E-state index in [9.17, 15) is 4.79 Å². The van der Waals surface area contributed by atoms with E-state index < -0.39 is 0 Å². The summed E-state index contributed by atoms with van der Waals surface area (Å²) < 4.78 is 16.1. The molecule has 0 amide bonds. The van der Waals surface area contributed by atoms with Gasteiger partial charge in [-0.15, -0.1) is 0 Å². The van der Waals surface area contributed by atoms with Crippen LogP contribution in [-0.4, -0.2) is 24.8 Å². The van der Waals surface area contributed by atoms with Gasteiger partial charge in [0.05, 0.1) is 19.6 Å². The third kappa shape index (κ3) is 3.98. The lowest BCUT2D eigenvalue weighted by Gasteiger charge is -2.25. The molecule has 6 heteroatoms. The van der Waals surface area contributed by atoms with Gasteiger partial charge >= 0.3 is 5.97 Å². The molecule has 1 aromatic carbocycles. The maximum absolute atomic E-state index is 11.8. The minimum absolute atomic E-state index is 0.0672. The topological polar surface area (TPSA) is 61.6 Å². The number of aromatic nitrogens is 1. The molecule has 1 aliphatic rings. The fourth-order valence-corrected chi connectivity index (χ4v) is 3.59. The molecular weight excluding hydrogens is 342 g/mol. The fraction of sp³-hybridized carbons (Fsp3) is 0.474. The van der Waals surface area contributed by atoms with Crippen molar-refractivity contribution in [1.29, 1.82) is 0 Å². The van der Waals surface area contributed by atoms with Crippen molar-refractivity contribution in [3.8, 4) is 17.0 Å². The van der Waals surface area contributed by atoms with E-state index in [4.69, 9.17) is 25.6 Å². The molecule has 1 aromatic heterocycles. The van der Waals surface area contributed by atoms with Gasteiger partial charge in [0.15, 0.2) is 0 Å². The number of esters is 1. The van der Waals surface area contributed by atoms with Crippen molar-refractivity contribution in [2.75, 3.05) is 13.7 Å². The Morgan fingerprint density at radius 2 is 2.20 bits per heavy atom. The molecule has 0 radical (unpaired) electrons. The Morgan fingerprint density at radius 3 is 2.96 bits per heavy atom. The summed E-state index contributed by atoms with van der Waals surface area (Å²) in [5.74, 6) is 1.49. The number of carbonyl (C=O) groups is 1. The molecule has 1 aliphatic carbocycles. The predicted molar refractivity (Wildman–Crippen MR) is 94.8 cm³/mol. The van der Waals surface area contributed by atoms with Crippen LogP contribution in [-0.2, 0) is 9.53 Å². The summed E-state index contributed by atoms with van der Waals surface area (Å²) in [6, 6.07) is 7.38. The highest BCUT2D eigenvalue weighted by Crippen LogP contribution is 2.39. The second-order valence-corrected chi connectivity index (χ2v) is 6.71. The third-order valence-electron chi connectivity index (χ3n) is 4.66. The second kappa shape index (κ2) is 7.91. The summed E-state index contributed by atoms with van der Waals surface area (Å²) in [4.78, 5) is 11.8. The molecule has 0 N–H and O–H groups in total. The molecular formula is C19H22ClNO4. The monoisotopic (exact) mass is 363 g/mol. The van der Waals surface area contributed by atoms with Crippen LogP contribution in [0.25, 0.3) is 11.3 Å². The van der Waals surface area contributed by atoms with Crippen molar-refractivity contribution in [2.45, 2.75) is 38.5 Å². The Kier molecular flexibility index (Phi) is 5.63. The molecule has 0 aliphatic heterocycles. The molecule has 0 bridgehead atoms. The number of hydrogen-bond acceptors (Lipinski definition) is 5. The second-order valence-electron chi connectivity index (χ2n) is 6.27. The van der Waals surface area contributed by atoms with Crippen molar-refractivity contribution in [1.82, 2.24) is 5.16 Å². The van der Waals surface area contributed by atoms with Gasteiger partial charge < -0.3 is 14.0 Å². The van der Waals surface area contributed by atoms with Gasteiger partial charge in [-0.05, 0) is 44.4 Å². The first-order chi connectivity index (χ1) is 12.1. The predicted octanol–water partition coefficient (Wildman–Crippen LogP) is 4.84. The van der Waals surface area contributed by atoms with Crippen molar-refractivity contribution in [3.05, 3.63) is 35.0 Å². The van der Waals surface area contributed by atoms with Crippen LogP contribution < -0.4 is 4.74 Å². The Morgan fingerprint density at radius 1 is 1.36 bits per heavy atom. The van der Waals surface area contributed by atoms with Crippen LogP contribution in [0.5, 0.6) is 5.75 Å². The first kappa shape index (κ1) is 17.8. The Bertz CT molecular complexity index is 743. The molecule has 1 fully saturated rings. The van der Waals surface area contributed by atoms with E-state index in [-0.39, 0.29) is 17.8 Å². The van der Waals surface area contributed by atoms with E-state index in [2.05, 4.69) is 5.16 Å². The van der Waals surface area contributed by atoms with Crippen molar-refractivity contribution >= 4 is 17.6 Å². The molecule has 5 nitrogen and oxygen atoms in total. The summed E-state index contributed by atoms with van der Waals surface area (Å²) in [5, 5.41) is 4.82. The number of carbonyl (C=O) groups excluding carboxylic acids is 1. The fourth-order valence-electron chi connectivity index (χ4n) is 3.42. The van der Waals surface area contributed by atoms with Gasteiger partial charge in [0.2, 0.25) is 0 Å². The van der Waals surface area contributed by atoms with Crippen LogP contribution in [0.3, 0.4) is 0 Å². The summed E-state index contributed by atoms with van der Waals surface area (Å²) in [6.45, 7) is 2.49. The highest BCUT2D eigenvalue weighted by atomic mass is 35.5. The van der Waals surface area contributed by atoms with Gasteiger partial charge in [0, 0.05) is 22.6 Å². The quantitative estimate of drug-likeness (QED) is 0.711. The van der Waals surface area contributed by atoms with Crippen LogP contribution >= 0.6 is 11.6 Å². The lowest BCUT2D eigenvalue weighted by molar-refractivity contribution is -0.146. The lowest BCUT2D eigenvalue weighted by Crippen LogP contribution is -2.22. The average Bonchev–Trinajstić information content (AvgIpc) is 3.13. The van der Waals surface area contributed by atoms with Gasteiger partial charge in [0.25, 0.3) is 0 Å². The van der Waals surface area contributed by atoms with E-state index in [0.29, 0.717) is 17.3 Å². The van der Waals surface area contributed by atoms with Crippen LogP contribution in [0.2, 0.25) is 5.02 Å². The number of methoxy groups -OCH3 is 1. The Balaban J connectivity index is 1.83. The van der Waals surface area contributed by atoms with E-state index >= 15 is 0 Å². The van der Waals surface area contributed by atoms with E-state index in [1.165, 1.54) is 7.11 Å². The Labute approximate surface area is 152 Å². The molecule has 1 heterocycles. The first-order valence-corrected chi connectivity index (χ1v) is 8.97. The molecule has 0 spiro atoms. The molecule has 3 rings (SSSR count). The minimum atomic E-state index is -0.141. The zero-order chi connectivity index (χ0) is 17.8. The highest BCUT2D eigenvalue weighted by Gasteiger charge is 2.31. The van der Waals surface area contributed by atoms with Gasteiger partial charge in [-0.25, -0.2) is 0 Å². The molecule has 2 atom stereocenters. The maximum Gasteiger partial charge on any atom is 0.308 e. The van der Waals surface area contributed by atoms with Crippen molar-refractivity contribution in [2.24, 2.45) is 5.92 Å². The Hall–Kier alpha value is -2.01. The molecule has 134 valence electrons. The van der Waals surface area contributed by atoms with Crippen LogP contribution in [0.1, 0.15) is 44.3 Å². The van der Waals surface area contributed by atoms with Gasteiger partial charge in [-0.3, -0.25) is 4.79 Å². The van der Waals surface area contributed by atoms with Crippen molar-refractivity contribution in [3.63, 3.8) is 0 Å². The molecule has 1 saturated carbocycles. The number of halogens is 1. The van der Waals surface area contributed by atoms with E-state index in [1.807, 2.05) is 25.1 Å². The molecule has 0 saturated heterocycles. The number of ether oxygens (including phenoxy) is 2. The molecule has 25 heavy (non-hydrogen) atoms. The third-order valence-corrected chi connectivity index (χ3v) is 4.89. The normalized spacial score (nSPS) is 20.3. The molecule has 2 aromatic rings. The minimum Gasteiger partial charge on any atom is -0.493 e. The summed E-state index contributed by atoms with van der Waals surface area (Å²) in [5.41, 5.74) is 1.51. The maximum atomic E-state index is 11.8. The first-order valence-electron chi connectivity index (χ1n) is 8.59. The van der Waals surface area contributed by atoms with Crippen LogP contribution in [0, 0.1) is 5.92 Å². The highest BCUT2D eigenvalue weighted by molar-refractivity contribution is 6.30. The standard InChI is InChI=1S/C19H22ClNO4/c1-3-24-17-8-7-14(20)10-15(17)16-11-18(25-21-16)12-5-4-6-13(9-12)19(22)23-2/h7-8,10-13H,3-6,9H2,1-2H3. The zero-order valence-electron chi connectivity index (χ0n) is 14.5. The van der Waals surface area contributed by atoms with Gasteiger partial charge in [-0.1, -0.05) is 23.2 Å². The average molecular weight is 364 g/mol. The summed E-state index contributed by atoms with van der Waals surface area (Å²) in [7, 11) is 1.44. The zero-order valence-corrected chi connectivity index (χ0v) is 15.2. The van der Waals surface area contributed by atoms with Crippen molar-refractivity contribution < 1.29 is 18.8 Å². The van der Waals surface area contributed by atoms with Crippen LogP contribution in [0.15, 0.2) is 28.8 Å². The molecule has 2 unspecified atom stereocenters. The summed E-state index contributed by atoms with van der Waals surface area (Å²) >= 11 is 6.13. The van der Waals surface area contributed by atoms with E-state index in [0.717, 1.165) is 42.8 Å². The summed E-state index contributed by atoms with van der Waals surface area (Å²) in [6.07, 6.45) is 3.56.